The van der Waals surface area contributed by atoms with Gasteiger partial charge in [-0.15, -0.1) is 0 Å². The molecule has 0 unspecified atom stereocenters. The van der Waals surface area contributed by atoms with Crippen LogP contribution in [0, 0.1) is 5.92 Å². The SMILES string of the molecule is CC(C)C(=O)CCC(=O)NCCS(=O)(=O)O. The highest BCUT2D eigenvalue weighted by atomic mass is 32.2. The zero-order valence-electron chi connectivity index (χ0n) is 9.39. The number of nitrogens with one attached hydrogen (secondary N) is 1. The van der Waals surface area contributed by atoms with E-state index in [2.05, 4.69) is 5.32 Å². The molecule has 0 radical (unpaired) electrons. The van der Waals surface area contributed by atoms with Crippen molar-refractivity contribution in [2.75, 3.05) is 12.3 Å². The minimum Gasteiger partial charge on any atom is -0.355 e. The van der Waals surface area contributed by atoms with Gasteiger partial charge < -0.3 is 5.32 Å². The lowest BCUT2D eigenvalue weighted by atomic mass is 10.0. The van der Waals surface area contributed by atoms with Gasteiger partial charge in [0.05, 0.1) is 5.75 Å². The van der Waals surface area contributed by atoms with Gasteiger partial charge in [0.15, 0.2) is 0 Å². The summed E-state index contributed by atoms with van der Waals surface area (Å²) in [5.74, 6) is -1.02. The molecule has 0 aromatic heterocycles. The first kappa shape index (κ1) is 15.0. The summed E-state index contributed by atoms with van der Waals surface area (Å²) in [4.78, 5) is 22.3. The van der Waals surface area contributed by atoms with Crippen LogP contribution in [0.1, 0.15) is 26.7 Å². The second-order valence-electron chi connectivity index (χ2n) is 3.76. The Morgan fingerprint density at radius 1 is 1.25 bits per heavy atom. The fourth-order valence-corrected chi connectivity index (χ4v) is 1.29. The molecule has 0 atom stereocenters. The largest absolute Gasteiger partial charge is 0.355 e. The van der Waals surface area contributed by atoms with Gasteiger partial charge in [-0.3, -0.25) is 14.1 Å². The minimum absolute atomic E-state index is 0.00932. The molecule has 7 heteroatoms. The topological polar surface area (TPSA) is 101 Å². The number of carbonyl (C=O) groups is 2. The molecule has 0 aromatic rings. The van der Waals surface area contributed by atoms with Crippen LogP contribution in [-0.4, -0.2) is 37.0 Å². The average molecular weight is 251 g/mol. The number of hydrogen-bond donors (Lipinski definition) is 2. The van der Waals surface area contributed by atoms with Crippen molar-refractivity contribution in [3.63, 3.8) is 0 Å². The van der Waals surface area contributed by atoms with Gasteiger partial charge in [-0.1, -0.05) is 13.8 Å². The van der Waals surface area contributed by atoms with Crippen LogP contribution in [0.15, 0.2) is 0 Å². The number of amides is 1. The quantitative estimate of drug-likeness (QED) is 0.620. The molecule has 0 rings (SSSR count). The van der Waals surface area contributed by atoms with E-state index >= 15 is 0 Å². The van der Waals surface area contributed by atoms with Gasteiger partial charge in [0.2, 0.25) is 5.91 Å². The average Bonchev–Trinajstić information content (AvgIpc) is 2.11. The maximum atomic E-state index is 11.2. The third kappa shape index (κ3) is 8.37. The summed E-state index contributed by atoms with van der Waals surface area (Å²) in [6.45, 7) is 3.35. The number of hydrogen-bond acceptors (Lipinski definition) is 4. The monoisotopic (exact) mass is 251 g/mol. The summed E-state index contributed by atoms with van der Waals surface area (Å²) in [5, 5.41) is 2.30. The van der Waals surface area contributed by atoms with Crippen molar-refractivity contribution in [2.24, 2.45) is 5.92 Å². The fourth-order valence-electron chi connectivity index (χ4n) is 0.933. The third-order valence-corrected chi connectivity index (χ3v) is 2.64. The van der Waals surface area contributed by atoms with Crippen molar-refractivity contribution < 1.29 is 22.6 Å². The molecule has 6 nitrogen and oxygen atoms in total. The summed E-state index contributed by atoms with van der Waals surface area (Å²) in [5.41, 5.74) is 0. The summed E-state index contributed by atoms with van der Waals surface area (Å²) in [6, 6.07) is 0. The second-order valence-corrected chi connectivity index (χ2v) is 5.33. The molecule has 0 aromatic carbocycles. The predicted octanol–water partition coefficient (Wildman–Crippen LogP) is -0.00430. The van der Waals surface area contributed by atoms with Crippen LogP contribution < -0.4 is 5.32 Å². The van der Waals surface area contributed by atoms with E-state index in [0.29, 0.717) is 0 Å². The van der Waals surface area contributed by atoms with Gasteiger partial charge in [-0.25, -0.2) is 0 Å². The predicted molar refractivity (Wildman–Crippen MR) is 58.5 cm³/mol. The maximum absolute atomic E-state index is 11.2. The van der Waals surface area contributed by atoms with E-state index in [-0.39, 0.29) is 31.1 Å². The number of ketones is 1. The first-order valence-electron chi connectivity index (χ1n) is 4.97. The van der Waals surface area contributed by atoms with Crippen molar-refractivity contribution in [2.45, 2.75) is 26.7 Å². The zero-order valence-corrected chi connectivity index (χ0v) is 10.2. The molecule has 0 bridgehead atoms. The second kappa shape index (κ2) is 6.59. The highest BCUT2D eigenvalue weighted by Crippen LogP contribution is 2.01. The molecule has 16 heavy (non-hydrogen) atoms. The van der Waals surface area contributed by atoms with E-state index in [1.807, 2.05) is 0 Å². The number of Topliss-reactive ketones (excluding diaryl/α,β-unsaturated/α-hetero) is 1. The Balaban J connectivity index is 3.72. The molecule has 0 spiro atoms. The van der Waals surface area contributed by atoms with Crippen molar-refractivity contribution >= 4 is 21.8 Å². The highest BCUT2D eigenvalue weighted by molar-refractivity contribution is 7.85. The summed E-state index contributed by atoms with van der Waals surface area (Å²) in [6.07, 6.45) is 0.192. The standard InChI is InChI=1S/C9H17NO5S/c1-7(2)8(11)3-4-9(12)10-5-6-16(13,14)15/h7H,3-6H2,1-2H3,(H,10,12)(H,13,14,15). The van der Waals surface area contributed by atoms with Crippen molar-refractivity contribution in [3.8, 4) is 0 Å². The molecular formula is C9H17NO5S. The molecule has 94 valence electrons. The Kier molecular flexibility index (Phi) is 6.20. The lowest BCUT2D eigenvalue weighted by Crippen LogP contribution is -2.29. The Hall–Kier alpha value is -0.950. The van der Waals surface area contributed by atoms with E-state index in [0.717, 1.165) is 0 Å². The van der Waals surface area contributed by atoms with Gasteiger partial charge in [-0.2, -0.15) is 8.42 Å². The first-order chi connectivity index (χ1) is 7.22. The molecule has 2 N–H and O–H groups in total. The molecule has 0 aliphatic rings. The Morgan fingerprint density at radius 2 is 1.81 bits per heavy atom. The van der Waals surface area contributed by atoms with Crippen LogP contribution in [0.4, 0.5) is 0 Å². The molecule has 0 heterocycles. The van der Waals surface area contributed by atoms with Crippen LogP contribution in [0.25, 0.3) is 0 Å². The van der Waals surface area contributed by atoms with Gasteiger partial charge in [0.1, 0.15) is 5.78 Å². The van der Waals surface area contributed by atoms with Crippen LogP contribution in [-0.2, 0) is 19.7 Å². The van der Waals surface area contributed by atoms with Crippen LogP contribution in [0.5, 0.6) is 0 Å². The van der Waals surface area contributed by atoms with Crippen molar-refractivity contribution in [1.82, 2.24) is 5.32 Å². The summed E-state index contributed by atoms with van der Waals surface area (Å²) >= 11 is 0. The lowest BCUT2D eigenvalue weighted by molar-refractivity contribution is -0.126. The van der Waals surface area contributed by atoms with Crippen molar-refractivity contribution in [1.29, 1.82) is 0 Å². The first-order valence-corrected chi connectivity index (χ1v) is 6.58. The van der Waals surface area contributed by atoms with Crippen LogP contribution in [0.3, 0.4) is 0 Å². The molecule has 0 fully saturated rings. The smallest absolute Gasteiger partial charge is 0.266 e. The lowest BCUT2D eigenvalue weighted by Gasteiger charge is -2.05. The van der Waals surface area contributed by atoms with E-state index in [1.54, 1.807) is 13.8 Å². The van der Waals surface area contributed by atoms with E-state index in [4.69, 9.17) is 4.55 Å². The van der Waals surface area contributed by atoms with Gasteiger partial charge >= 0.3 is 0 Å². The Morgan fingerprint density at radius 3 is 2.25 bits per heavy atom. The van der Waals surface area contributed by atoms with Crippen molar-refractivity contribution in [3.05, 3.63) is 0 Å². The molecular weight excluding hydrogens is 234 g/mol. The van der Waals surface area contributed by atoms with Gasteiger partial charge in [0, 0.05) is 25.3 Å². The van der Waals surface area contributed by atoms with E-state index < -0.39 is 21.8 Å². The molecule has 0 aliphatic carbocycles. The molecule has 0 saturated heterocycles. The van der Waals surface area contributed by atoms with Gasteiger partial charge in [-0.05, 0) is 0 Å². The van der Waals surface area contributed by atoms with Crippen LogP contribution >= 0.6 is 0 Å². The zero-order chi connectivity index (χ0) is 12.8. The molecule has 0 aliphatic heterocycles. The fraction of sp³-hybridized carbons (Fsp3) is 0.778. The number of carbonyl (C=O) groups excluding carboxylic acids is 2. The third-order valence-electron chi connectivity index (χ3n) is 1.92. The molecule has 0 saturated carbocycles. The number of rotatable bonds is 7. The Bertz CT molecular complexity index is 347. The minimum atomic E-state index is -4.05. The molecule has 1 amide bonds. The Labute approximate surface area is 95.2 Å². The highest BCUT2D eigenvalue weighted by Gasteiger charge is 2.11. The van der Waals surface area contributed by atoms with E-state index in [1.165, 1.54) is 0 Å². The maximum Gasteiger partial charge on any atom is 0.266 e. The summed E-state index contributed by atoms with van der Waals surface area (Å²) < 4.78 is 29.0. The normalized spacial score (nSPS) is 11.5. The van der Waals surface area contributed by atoms with E-state index in [9.17, 15) is 18.0 Å². The van der Waals surface area contributed by atoms with Crippen LogP contribution in [0.2, 0.25) is 0 Å². The van der Waals surface area contributed by atoms with Gasteiger partial charge in [0.25, 0.3) is 10.1 Å². The summed E-state index contributed by atoms with van der Waals surface area (Å²) in [7, 11) is -4.05.